The molecule has 0 spiro atoms. The van der Waals surface area contributed by atoms with Crippen LogP contribution in [0.5, 0.6) is 0 Å². The third kappa shape index (κ3) is 3.02. The van der Waals surface area contributed by atoms with Gasteiger partial charge in [0.05, 0.1) is 23.2 Å². The van der Waals surface area contributed by atoms with Crippen LogP contribution in [0.2, 0.25) is 0 Å². The largest absolute Gasteiger partial charge is 0.379 e. The van der Waals surface area contributed by atoms with Crippen LogP contribution in [0, 0.1) is 6.92 Å². The van der Waals surface area contributed by atoms with Crippen molar-refractivity contribution in [1.82, 2.24) is 9.59 Å². The van der Waals surface area contributed by atoms with E-state index in [9.17, 15) is 0 Å². The van der Waals surface area contributed by atoms with E-state index in [-0.39, 0.29) is 6.04 Å². The Morgan fingerprint density at radius 3 is 2.92 bits per heavy atom. The number of hydrogen-bond donors (Lipinski definition) is 1. The van der Waals surface area contributed by atoms with Gasteiger partial charge in [-0.3, -0.25) is 0 Å². The first-order valence-corrected chi connectivity index (χ1v) is 5.15. The molecule has 1 heterocycles. The van der Waals surface area contributed by atoms with Gasteiger partial charge in [-0.2, -0.15) is 0 Å². The normalized spacial score (nSPS) is 13.2. The SMILES string of the molecule is CCCOCC(N)c1snnc1C. The molecule has 2 N–H and O–H groups in total. The Kier molecular flexibility index (Phi) is 4.27. The van der Waals surface area contributed by atoms with Gasteiger partial charge in [0.1, 0.15) is 0 Å². The third-order valence-corrected chi connectivity index (χ3v) is 2.63. The Balaban J connectivity index is 2.39. The summed E-state index contributed by atoms with van der Waals surface area (Å²) in [4.78, 5) is 1.02. The fourth-order valence-corrected chi connectivity index (χ4v) is 1.63. The van der Waals surface area contributed by atoms with E-state index < -0.39 is 0 Å². The highest BCUT2D eigenvalue weighted by molar-refractivity contribution is 7.05. The lowest BCUT2D eigenvalue weighted by molar-refractivity contribution is 0.122. The van der Waals surface area contributed by atoms with E-state index in [2.05, 4.69) is 16.5 Å². The molecule has 0 aliphatic carbocycles. The van der Waals surface area contributed by atoms with E-state index >= 15 is 0 Å². The molecule has 0 radical (unpaired) electrons. The maximum atomic E-state index is 5.89. The molecule has 1 unspecified atom stereocenters. The molecule has 5 heteroatoms. The second-order valence-corrected chi connectivity index (χ2v) is 3.69. The predicted molar refractivity (Wildman–Crippen MR) is 52.7 cm³/mol. The van der Waals surface area contributed by atoms with Gasteiger partial charge in [0, 0.05) is 6.61 Å². The Labute approximate surface area is 82.3 Å². The van der Waals surface area contributed by atoms with E-state index in [1.165, 1.54) is 11.5 Å². The van der Waals surface area contributed by atoms with E-state index in [1.54, 1.807) is 0 Å². The highest BCUT2D eigenvalue weighted by atomic mass is 32.1. The van der Waals surface area contributed by atoms with Crippen molar-refractivity contribution in [2.75, 3.05) is 13.2 Å². The van der Waals surface area contributed by atoms with E-state index in [4.69, 9.17) is 10.5 Å². The molecule has 0 bridgehead atoms. The number of aryl methyl sites for hydroxylation is 1. The lowest BCUT2D eigenvalue weighted by Gasteiger charge is -2.09. The van der Waals surface area contributed by atoms with Gasteiger partial charge in [-0.25, -0.2) is 0 Å². The summed E-state index contributed by atoms with van der Waals surface area (Å²) in [6.45, 7) is 5.31. The summed E-state index contributed by atoms with van der Waals surface area (Å²) in [5.74, 6) is 0. The molecule has 1 aromatic heterocycles. The van der Waals surface area contributed by atoms with Gasteiger partial charge >= 0.3 is 0 Å². The number of aromatic nitrogens is 2. The highest BCUT2D eigenvalue weighted by Gasteiger charge is 2.12. The van der Waals surface area contributed by atoms with E-state index in [0.717, 1.165) is 23.6 Å². The molecule has 1 rings (SSSR count). The van der Waals surface area contributed by atoms with Crippen LogP contribution in [0.1, 0.15) is 30.0 Å². The average molecular weight is 201 g/mol. The minimum absolute atomic E-state index is 0.0773. The molecular formula is C8H15N3OS. The summed E-state index contributed by atoms with van der Waals surface area (Å²) in [6.07, 6.45) is 1.02. The van der Waals surface area contributed by atoms with E-state index in [0.29, 0.717) is 6.61 Å². The van der Waals surface area contributed by atoms with E-state index in [1.807, 2.05) is 6.92 Å². The first-order valence-electron chi connectivity index (χ1n) is 4.38. The van der Waals surface area contributed by atoms with Gasteiger partial charge in [0.15, 0.2) is 0 Å². The number of ether oxygens (including phenoxy) is 1. The molecule has 0 saturated heterocycles. The van der Waals surface area contributed by atoms with Gasteiger partial charge in [-0.15, -0.1) is 5.10 Å². The molecule has 0 saturated carbocycles. The molecule has 1 aromatic rings. The average Bonchev–Trinajstić information content (AvgIpc) is 2.52. The van der Waals surface area contributed by atoms with Crippen LogP contribution < -0.4 is 5.73 Å². The number of nitrogens with two attached hydrogens (primary N) is 1. The topological polar surface area (TPSA) is 61.0 Å². The number of hydrogen-bond acceptors (Lipinski definition) is 5. The summed E-state index contributed by atoms with van der Waals surface area (Å²) in [6, 6.07) is -0.0773. The lowest BCUT2D eigenvalue weighted by Crippen LogP contribution is -2.17. The smallest absolute Gasteiger partial charge is 0.0773 e. The second-order valence-electron chi connectivity index (χ2n) is 2.90. The molecule has 0 aliphatic rings. The molecule has 4 nitrogen and oxygen atoms in total. The van der Waals surface area contributed by atoms with Crippen LogP contribution in [-0.2, 0) is 4.74 Å². The summed E-state index contributed by atoms with van der Waals surface area (Å²) in [7, 11) is 0. The molecule has 13 heavy (non-hydrogen) atoms. The van der Waals surface area contributed by atoms with Crippen molar-refractivity contribution in [3.8, 4) is 0 Å². The van der Waals surface area contributed by atoms with Crippen LogP contribution in [-0.4, -0.2) is 22.8 Å². The molecule has 0 aromatic carbocycles. The molecular weight excluding hydrogens is 186 g/mol. The highest BCUT2D eigenvalue weighted by Crippen LogP contribution is 2.17. The zero-order valence-corrected chi connectivity index (χ0v) is 8.80. The Hall–Kier alpha value is -0.520. The summed E-state index contributed by atoms with van der Waals surface area (Å²) in [5.41, 5.74) is 6.80. The predicted octanol–water partition coefficient (Wildman–Crippen LogP) is 1.27. The zero-order valence-electron chi connectivity index (χ0n) is 7.99. The van der Waals surface area contributed by atoms with Crippen molar-refractivity contribution in [3.05, 3.63) is 10.6 Å². The first kappa shape index (κ1) is 10.6. The maximum Gasteiger partial charge on any atom is 0.0773 e. The van der Waals surface area contributed by atoms with Crippen LogP contribution in [0.4, 0.5) is 0 Å². The van der Waals surface area contributed by atoms with Crippen molar-refractivity contribution in [2.45, 2.75) is 26.3 Å². The van der Waals surface area contributed by atoms with Crippen LogP contribution in [0.15, 0.2) is 0 Å². The molecule has 0 aliphatic heterocycles. The Morgan fingerprint density at radius 1 is 1.62 bits per heavy atom. The number of rotatable bonds is 5. The van der Waals surface area contributed by atoms with Gasteiger partial charge in [0.2, 0.25) is 0 Å². The van der Waals surface area contributed by atoms with Gasteiger partial charge in [-0.05, 0) is 24.9 Å². The van der Waals surface area contributed by atoms with Crippen LogP contribution in [0.25, 0.3) is 0 Å². The second kappa shape index (κ2) is 5.26. The molecule has 0 fully saturated rings. The first-order chi connectivity index (χ1) is 6.25. The summed E-state index contributed by atoms with van der Waals surface area (Å²) in [5, 5.41) is 3.90. The molecule has 74 valence electrons. The quantitative estimate of drug-likeness (QED) is 0.729. The standard InChI is InChI=1S/C8H15N3OS/c1-3-4-12-5-7(9)8-6(2)10-11-13-8/h7H,3-5,9H2,1-2H3. The van der Waals surface area contributed by atoms with Gasteiger partial charge in [-0.1, -0.05) is 11.4 Å². The Bertz CT molecular complexity index is 251. The molecule has 0 amide bonds. The van der Waals surface area contributed by atoms with Crippen molar-refractivity contribution in [1.29, 1.82) is 0 Å². The van der Waals surface area contributed by atoms with Crippen molar-refractivity contribution >= 4 is 11.5 Å². The monoisotopic (exact) mass is 201 g/mol. The van der Waals surface area contributed by atoms with Crippen molar-refractivity contribution in [3.63, 3.8) is 0 Å². The summed E-state index contributed by atoms with van der Waals surface area (Å²) < 4.78 is 9.18. The van der Waals surface area contributed by atoms with Crippen molar-refractivity contribution < 1.29 is 4.74 Å². The third-order valence-electron chi connectivity index (χ3n) is 1.67. The fourth-order valence-electron chi connectivity index (χ4n) is 1.01. The van der Waals surface area contributed by atoms with Crippen LogP contribution >= 0.6 is 11.5 Å². The number of nitrogens with zero attached hydrogens (tertiary/aromatic N) is 2. The van der Waals surface area contributed by atoms with Gasteiger partial charge < -0.3 is 10.5 Å². The molecule has 1 atom stereocenters. The maximum absolute atomic E-state index is 5.89. The minimum atomic E-state index is -0.0773. The van der Waals surface area contributed by atoms with Crippen molar-refractivity contribution in [2.24, 2.45) is 5.73 Å². The zero-order chi connectivity index (χ0) is 9.68. The fraction of sp³-hybridized carbons (Fsp3) is 0.750. The minimum Gasteiger partial charge on any atom is -0.379 e. The lowest BCUT2D eigenvalue weighted by atomic mass is 10.2. The van der Waals surface area contributed by atoms with Crippen LogP contribution in [0.3, 0.4) is 0 Å². The summed E-state index contributed by atoms with van der Waals surface area (Å²) >= 11 is 1.35. The van der Waals surface area contributed by atoms with Gasteiger partial charge in [0.25, 0.3) is 0 Å². The Morgan fingerprint density at radius 2 is 2.38 bits per heavy atom.